The second-order valence-electron chi connectivity index (χ2n) is 4.92. The molecule has 19 heavy (non-hydrogen) atoms. The van der Waals surface area contributed by atoms with Crippen molar-refractivity contribution in [3.63, 3.8) is 0 Å². The standard InChI is InChI=1S/C13H15N3O3/c17-12-2-1-9-8-15(5-6-16(9)12)11-3-4-14-7-10(11)13(18)19/h3-4,7,9H,1-2,5-6,8H2,(H,18,19). The second kappa shape index (κ2) is 4.53. The van der Waals surface area contributed by atoms with Gasteiger partial charge in [0.15, 0.2) is 0 Å². The minimum atomic E-state index is -0.965. The Kier molecular flexibility index (Phi) is 2.85. The van der Waals surface area contributed by atoms with E-state index in [1.54, 1.807) is 12.3 Å². The van der Waals surface area contributed by atoms with E-state index in [9.17, 15) is 14.7 Å². The number of aromatic nitrogens is 1. The molecule has 3 rings (SSSR count). The van der Waals surface area contributed by atoms with E-state index >= 15 is 0 Å². The number of fused-ring (bicyclic) bond motifs is 1. The van der Waals surface area contributed by atoms with Gasteiger partial charge in [0.2, 0.25) is 5.91 Å². The van der Waals surface area contributed by atoms with E-state index in [1.165, 1.54) is 6.20 Å². The molecule has 1 aromatic rings. The Bertz CT molecular complexity index is 532. The van der Waals surface area contributed by atoms with E-state index in [1.807, 2.05) is 9.80 Å². The van der Waals surface area contributed by atoms with Crippen molar-refractivity contribution in [2.75, 3.05) is 24.5 Å². The van der Waals surface area contributed by atoms with E-state index < -0.39 is 5.97 Å². The number of nitrogens with zero attached hydrogens (tertiary/aromatic N) is 3. The zero-order valence-corrected chi connectivity index (χ0v) is 10.5. The number of rotatable bonds is 2. The number of carboxylic acids is 1. The summed E-state index contributed by atoms with van der Waals surface area (Å²) in [5.74, 6) is -0.745. The molecule has 6 heteroatoms. The maximum atomic E-state index is 11.6. The van der Waals surface area contributed by atoms with Crippen LogP contribution in [0.3, 0.4) is 0 Å². The molecular formula is C13H15N3O3. The summed E-state index contributed by atoms with van der Waals surface area (Å²) in [6.45, 7) is 2.05. The predicted molar refractivity (Wildman–Crippen MR) is 68.1 cm³/mol. The third-order valence-electron chi connectivity index (χ3n) is 3.86. The van der Waals surface area contributed by atoms with Crippen molar-refractivity contribution >= 4 is 17.6 Å². The van der Waals surface area contributed by atoms with Gasteiger partial charge in [0.25, 0.3) is 0 Å². The van der Waals surface area contributed by atoms with Crippen LogP contribution in [0.4, 0.5) is 5.69 Å². The van der Waals surface area contributed by atoms with E-state index in [-0.39, 0.29) is 17.5 Å². The average molecular weight is 261 g/mol. The van der Waals surface area contributed by atoms with Gasteiger partial charge in [-0.3, -0.25) is 9.78 Å². The first kappa shape index (κ1) is 12.0. The molecule has 100 valence electrons. The number of aromatic carboxylic acids is 1. The molecule has 0 aliphatic carbocycles. The Morgan fingerprint density at radius 3 is 3.05 bits per heavy atom. The minimum absolute atomic E-state index is 0.219. The number of anilines is 1. The molecule has 1 atom stereocenters. The smallest absolute Gasteiger partial charge is 0.339 e. The van der Waals surface area contributed by atoms with Gasteiger partial charge < -0.3 is 14.9 Å². The molecule has 3 heterocycles. The van der Waals surface area contributed by atoms with Gasteiger partial charge in [0.05, 0.1) is 5.69 Å². The van der Waals surface area contributed by atoms with Crippen LogP contribution < -0.4 is 4.90 Å². The molecule has 2 saturated heterocycles. The predicted octanol–water partition coefficient (Wildman–Crippen LogP) is 0.591. The lowest BCUT2D eigenvalue weighted by Gasteiger charge is -2.39. The SMILES string of the molecule is O=C(O)c1cnccc1N1CCN2C(=O)CCC2C1. The van der Waals surface area contributed by atoms with Crippen molar-refractivity contribution in [3.05, 3.63) is 24.0 Å². The van der Waals surface area contributed by atoms with Crippen LogP contribution in [0.25, 0.3) is 0 Å². The van der Waals surface area contributed by atoms with E-state index in [0.29, 0.717) is 31.7 Å². The monoisotopic (exact) mass is 261 g/mol. The van der Waals surface area contributed by atoms with E-state index in [4.69, 9.17) is 0 Å². The lowest BCUT2D eigenvalue weighted by Crippen LogP contribution is -2.51. The summed E-state index contributed by atoms with van der Waals surface area (Å²) < 4.78 is 0. The molecule has 1 amide bonds. The Morgan fingerprint density at radius 2 is 2.26 bits per heavy atom. The Balaban J connectivity index is 1.85. The summed E-state index contributed by atoms with van der Waals surface area (Å²) >= 11 is 0. The molecule has 0 saturated carbocycles. The number of hydrogen-bond donors (Lipinski definition) is 1. The first-order valence-corrected chi connectivity index (χ1v) is 6.38. The van der Waals surface area contributed by atoms with Crippen molar-refractivity contribution in [1.29, 1.82) is 0 Å². The number of carbonyl (C=O) groups excluding carboxylic acids is 1. The first-order chi connectivity index (χ1) is 9.16. The van der Waals surface area contributed by atoms with Crippen molar-refractivity contribution in [2.24, 2.45) is 0 Å². The number of piperazine rings is 1. The van der Waals surface area contributed by atoms with Gasteiger partial charge in [0.1, 0.15) is 5.56 Å². The summed E-state index contributed by atoms with van der Waals surface area (Å²) in [4.78, 5) is 30.7. The number of hydrogen-bond acceptors (Lipinski definition) is 4. The lowest BCUT2D eigenvalue weighted by atomic mass is 10.1. The van der Waals surface area contributed by atoms with Gasteiger partial charge in [-0.2, -0.15) is 0 Å². The molecule has 2 aliphatic rings. The maximum absolute atomic E-state index is 11.6. The van der Waals surface area contributed by atoms with Gasteiger partial charge in [-0.05, 0) is 12.5 Å². The van der Waals surface area contributed by atoms with Crippen molar-refractivity contribution in [2.45, 2.75) is 18.9 Å². The fraction of sp³-hybridized carbons (Fsp3) is 0.462. The van der Waals surface area contributed by atoms with Crippen LogP contribution in [0.5, 0.6) is 0 Å². The molecule has 0 aromatic carbocycles. The Hall–Kier alpha value is -2.11. The van der Waals surface area contributed by atoms with Crippen LogP contribution in [0, 0.1) is 0 Å². The molecule has 0 bridgehead atoms. The zero-order valence-electron chi connectivity index (χ0n) is 10.5. The molecular weight excluding hydrogens is 246 g/mol. The molecule has 2 aliphatic heterocycles. The largest absolute Gasteiger partial charge is 0.478 e. The van der Waals surface area contributed by atoms with Gasteiger partial charge in [-0.1, -0.05) is 0 Å². The average Bonchev–Trinajstić information content (AvgIpc) is 2.80. The van der Waals surface area contributed by atoms with Gasteiger partial charge in [0, 0.05) is 44.5 Å². The second-order valence-corrected chi connectivity index (χ2v) is 4.92. The van der Waals surface area contributed by atoms with Crippen LogP contribution in [-0.2, 0) is 4.79 Å². The maximum Gasteiger partial charge on any atom is 0.339 e. The lowest BCUT2D eigenvalue weighted by molar-refractivity contribution is -0.129. The van der Waals surface area contributed by atoms with Crippen molar-refractivity contribution < 1.29 is 14.7 Å². The number of pyridine rings is 1. The summed E-state index contributed by atoms with van der Waals surface area (Å²) in [6.07, 6.45) is 4.46. The van der Waals surface area contributed by atoms with Crippen LogP contribution in [-0.4, -0.2) is 52.5 Å². The molecule has 6 nitrogen and oxygen atoms in total. The van der Waals surface area contributed by atoms with Crippen LogP contribution in [0.1, 0.15) is 23.2 Å². The van der Waals surface area contributed by atoms with Crippen LogP contribution in [0.2, 0.25) is 0 Å². The highest BCUT2D eigenvalue weighted by atomic mass is 16.4. The third-order valence-corrected chi connectivity index (χ3v) is 3.86. The fourth-order valence-electron chi connectivity index (χ4n) is 2.91. The number of carbonyl (C=O) groups is 2. The van der Waals surface area contributed by atoms with Crippen molar-refractivity contribution in [3.8, 4) is 0 Å². The molecule has 0 radical (unpaired) electrons. The molecule has 1 N–H and O–H groups in total. The molecule has 1 aromatic heterocycles. The Labute approximate surface area is 110 Å². The minimum Gasteiger partial charge on any atom is -0.478 e. The normalized spacial score (nSPS) is 22.5. The topological polar surface area (TPSA) is 73.7 Å². The van der Waals surface area contributed by atoms with Gasteiger partial charge >= 0.3 is 5.97 Å². The fourth-order valence-corrected chi connectivity index (χ4v) is 2.91. The third kappa shape index (κ3) is 2.03. The van der Waals surface area contributed by atoms with Crippen LogP contribution >= 0.6 is 0 Å². The van der Waals surface area contributed by atoms with Crippen LogP contribution in [0.15, 0.2) is 18.5 Å². The summed E-state index contributed by atoms with van der Waals surface area (Å²) in [7, 11) is 0. The highest BCUT2D eigenvalue weighted by Crippen LogP contribution is 2.27. The molecule has 1 unspecified atom stereocenters. The van der Waals surface area contributed by atoms with Crippen molar-refractivity contribution in [1.82, 2.24) is 9.88 Å². The highest BCUT2D eigenvalue weighted by Gasteiger charge is 2.36. The zero-order chi connectivity index (χ0) is 13.4. The highest BCUT2D eigenvalue weighted by molar-refractivity contribution is 5.94. The van der Waals surface area contributed by atoms with Gasteiger partial charge in [-0.25, -0.2) is 4.79 Å². The summed E-state index contributed by atoms with van der Waals surface area (Å²) in [5, 5.41) is 9.19. The van der Waals surface area contributed by atoms with E-state index in [2.05, 4.69) is 4.98 Å². The molecule has 2 fully saturated rings. The Morgan fingerprint density at radius 1 is 1.42 bits per heavy atom. The number of amides is 1. The molecule has 0 spiro atoms. The van der Waals surface area contributed by atoms with Gasteiger partial charge in [-0.15, -0.1) is 0 Å². The van der Waals surface area contributed by atoms with E-state index in [0.717, 1.165) is 6.42 Å². The first-order valence-electron chi connectivity index (χ1n) is 6.38. The summed E-state index contributed by atoms with van der Waals surface area (Å²) in [5.41, 5.74) is 0.918. The number of carboxylic acid groups (broad SMARTS) is 1. The quantitative estimate of drug-likeness (QED) is 0.843. The summed E-state index contributed by atoms with van der Waals surface area (Å²) in [6, 6.07) is 1.95.